The van der Waals surface area contributed by atoms with Crippen LogP contribution in [0.3, 0.4) is 0 Å². The zero-order valence-electron chi connectivity index (χ0n) is 12.1. The topological polar surface area (TPSA) is 58.6 Å². The Morgan fingerprint density at radius 2 is 1.80 bits per heavy atom. The van der Waals surface area contributed by atoms with Crippen molar-refractivity contribution in [3.05, 3.63) is 0 Å². The van der Waals surface area contributed by atoms with Crippen molar-refractivity contribution in [1.29, 1.82) is 0 Å². The van der Waals surface area contributed by atoms with Crippen molar-refractivity contribution < 1.29 is 78.7 Å². The van der Waals surface area contributed by atoms with Gasteiger partial charge in [-0.25, -0.2) is 4.79 Å². The minimum absolute atomic E-state index is 0. The zero-order valence-corrected chi connectivity index (χ0v) is 15.2. The van der Waals surface area contributed by atoms with E-state index in [0.29, 0.717) is 0 Å². The minimum atomic E-state index is -4.89. The number of hydrogen-bond acceptors (Lipinski definition) is 3. The van der Waals surface area contributed by atoms with Gasteiger partial charge < -0.3 is 27.9 Å². The van der Waals surface area contributed by atoms with E-state index in [1.807, 2.05) is 0 Å². The summed E-state index contributed by atoms with van der Waals surface area (Å²) in [5, 5.41) is 2.21. The van der Waals surface area contributed by atoms with E-state index in [9.17, 15) is 22.5 Å². The molecule has 0 spiro atoms. The molecule has 0 aromatic carbocycles. The number of rotatable bonds is 3. The van der Waals surface area contributed by atoms with Crippen molar-refractivity contribution in [2.24, 2.45) is 0 Å². The molecular formula is C10H17BF3KN2O3. The number of ether oxygens (including phenoxy) is 1. The predicted molar refractivity (Wildman–Crippen MR) is 63.6 cm³/mol. The van der Waals surface area contributed by atoms with Gasteiger partial charge in [0, 0.05) is 13.1 Å². The van der Waals surface area contributed by atoms with Crippen molar-refractivity contribution in [1.82, 2.24) is 10.2 Å². The summed E-state index contributed by atoms with van der Waals surface area (Å²) in [5.74, 6) is -1.94. The van der Waals surface area contributed by atoms with Gasteiger partial charge in [0.1, 0.15) is 12.1 Å². The molecule has 110 valence electrons. The van der Waals surface area contributed by atoms with Crippen LogP contribution in [0.4, 0.5) is 17.7 Å². The van der Waals surface area contributed by atoms with Gasteiger partial charge in [-0.3, -0.25) is 4.79 Å². The van der Waals surface area contributed by atoms with Gasteiger partial charge in [0.2, 0.25) is 5.91 Å². The molecule has 2 amide bonds. The normalized spacial score (nSPS) is 16.0. The molecule has 0 aromatic heterocycles. The quantitative estimate of drug-likeness (QED) is 0.649. The second-order valence-electron chi connectivity index (χ2n) is 5.54. The summed E-state index contributed by atoms with van der Waals surface area (Å²) in [7, 11) is 0. The van der Waals surface area contributed by atoms with Gasteiger partial charge in [-0.1, -0.05) is 0 Å². The Morgan fingerprint density at radius 1 is 1.30 bits per heavy atom. The first kappa shape index (κ1) is 20.2. The summed E-state index contributed by atoms with van der Waals surface area (Å²) in [6.45, 7) is -0.885. The molecule has 0 aliphatic carbocycles. The first-order chi connectivity index (χ1) is 8.49. The first-order valence-electron chi connectivity index (χ1n) is 5.93. The number of nitrogens with zero attached hydrogens (tertiary/aromatic N) is 1. The summed E-state index contributed by atoms with van der Waals surface area (Å²) in [4.78, 5) is 23.8. The maximum Gasteiger partial charge on any atom is 1.00 e. The van der Waals surface area contributed by atoms with Crippen LogP contribution in [0.2, 0.25) is 5.82 Å². The third kappa shape index (κ3) is 6.79. The standard InChI is InChI=1S/C10H17BF3N2O3.K/c1-10(2,3)19-9(18)15-4-8(17)16-5-7(6-16)11(12,13)14;/h7H,4-6H2,1-3H3,(H,15,18);/q-1;+1. The van der Waals surface area contributed by atoms with Crippen molar-refractivity contribution in [3.63, 3.8) is 0 Å². The fourth-order valence-corrected chi connectivity index (χ4v) is 1.53. The SMILES string of the molecule is CC(C)(C)OC(=O)NCC(=O)N1CC([B-](F)(F)F)C1.[K+]. The average Bonchev–Trinajstić information content (AvgIpc) is 2.06. The number of carbonyl (C=O) groups is 2. The third-order valence-corrected chi connectivity index (χ3v) is 2.58. The van der Waals surface area contributed by atoms with Crippen LogP contribution in [0.1, 0.15) is 20.8 Å². The van der Waals surface area contributed by atoms with Crippen LogP contribution in [0.25, 0.3) is 0 Å². The monoisotopic (exact) mass is 320 g/mol. The van der Waals surface area contributed by atoms with Crippen LogP contribution in [-0.4, -0.2) is 49.1 Å². The number of amides is 2. The predicted octanol–water partition coefficient (Wildman–Crippen LogP) is -1.43. The second-order valence-corrected chi connectivity index (χ2v) is 5.54. The molecule has 0 saturated carbocycles. The maximum atomic E-state index is 12.3. The van der Waals surface area contributed by atoms with E-state index in [2.05, 4.69) is 5.32 Å². The van der Waals surface area contributed by atoms with Crippen LogP contribution in [0.15, 0.2) is 0 Å². The van der Waals surface area contributed by atoms with Gasteiger partial charge in [-0.2, -0.15) is 0 Å². The molecule has 0 bridgehead atoms. The molecule has 0 unspecified atom stereocenters. The molecule has 0 aromatic rings. The van der Waals surface area contributed by atoms with E-state index in [1.165, 1.54) is 0 Å². The van der Waals surface area contributed by atoms with Crippen LogP contribution in [0, 0.1) is 0 Å². The van der Waals surface area contributed by atoms with Gasteiger partial charge in [0.15, 0.2) is 0 Å². The number of likely N-dealkylation sites (tertiary alicyclic amines) is 1. The van der Waals surface area contributed by atoms with Gasteiger partial charge in [0.05, 0.1) is 0 Å². The van der Waals surface area contributed by atoms with Crippen molar-refractivity contribution in [3.8, 4) is 0 Å². The molecule has 1 heterocycles. The van der Waals surface area contributed by atoms with E-state index < -0.39 is 30.4 Å². The van der Waals surface area contributed by atoms with Crippen LogP contribution >= 0.6 is 0 Å². The molecule has 1 N–H and O–H groups in total. The van der Waals surface area contributed by atoms with Gasteiger partial charge >= 0.3 is 64.5 Å². The van der Waals surface area contributed by atoms with Crippen LogP contribution in [-0.2, 0) is 9.53 Å². The number of alkyl carbamates (subject to hydrolysis) is 1. The Kier molecular flexibility index (Phi) is 7.57. The molecular weight excluding hydrogens is 303 g/mol. The summed E-state index contributed by atoms with van der Waals surface area (Å²) < 4.78 is 41.7. The number of hydrogen-bond donors (Lipinski definition) is 1. The molecule has 1 fully saturated rings. The summed E-state index contributed by atoms with van der Waals surface area (Å²) in [6, 6.07) is 0. The van der Waals surface area contributed by atoms with Crippen molar-refractivity contribution in [2.45, 2.75) is 32.2 Å². The fourth-order valence-electron chi connectivity index (χ4n) is 1.53. The fraction of sp³-hybridized carbons (Fsp3) is 0.800. The molecule has 1 aliphatic heterocycles. The van der Waals surface area contributed by atoms with E-state index in [0.717, 1.165) is 4.90 Å². The molecule has 1 saturated heterocycles. The Hall–Kier alpha value is 0.231. The second kappa shape index (κ2) is 7.48. The molecule has 1 aliphatic rings. The van der Waals surface area contributed by atoms with E-state index in [1.54, 1.807) is 20.8 Å². The Labute approximate surface area is 158 Å². The van der Waals surface area contributed by atoms with Gasteiger partial charge in [0.25, 0.3) is 0 Å². The average molecular weight is 320 g/mol. The largest absolute Gasteiger partial charge is 1.00 e. The molecule has 0 radical (unpaired) electrons. The number of carbonyl (C=O) groups excluding carboxylic acids is 2. The van der Waals surface area contributed by atoms with E-state index in [-0.39, 0.29) is 71.0 Å². The van der Waals surface area contributed by atoms with E-state index in [4.69, 9.17) is 4.74 Å². The van der Waals surface area contributed by atoms with Crippen LogP contribution < -0.4 is 56.7 Å². The third-order valence-electron chi connectivity index (χ3n) is 2.58. The molecule has 0 atom stereocenters. The maximum absolute atomic E-state index is 12.3. The number of halogens is 3. The van der Waals surface area contributed by atoms with Crippen molar-refractivity contribution >= 4 is 19.0 Å². The Bertz CT molecular complexity index is 368. The molecule has 20 heavy (non-hydrogen) atoms. The summed E-state index contributed by atoms with van der Waals surface area (Å²) in [6.07, 6.45) is -0.766. The zero-order chi connectivity index (χ0) is 14.8. The molecule has 5 nitrogen and oxygen atoms in total. The summed E-state index contributed by atoms with van der Waals surface area (Å²) in [5.41, 5.74) is -0.687. The summed E-state index contributed by atoms with van der Waals surface area (Å²) >= 11 is 0. The Morgan fingerprint density at radius 3 is 2.20 bits per heavy atom. The Balaban J connectivity index is 0.00000361. The first-order valence-corrected chi connectivity index (χ1v) is 5.93. The molecule has 1 rings (SSSR count). The van der Waals surface area contributed by atoms with Crippen molar-refractivity contribution in [2.75, 3.05) is 19.6 Å². The van der Waals surface area contributed by atoms with Crippen LogP contribution in [0.5, 0.6) is 0 Å². The van der Waals surface area contributed by atoms with Gasteiger partial charge in [-0.15, -0.1) is 0 Å². The molecule has 10 heteroatoms. The smallest absolute Gasteiger partial charge is 0.449 e. The minimum Gasteiger partial charge on any atom is -0.449 e. The van der Waals surface area contributed by atoms with E-state index >= 15 is 0 Å². The van der Waals surface area contributed by atoms with Gasteiger partial charge in [-0.05, 0) is 26.6 Å². The number of nitrogens with one attached hydrogen (secondary N) is 1.